The molecule has 0 spiro atoms. The first-order chi connectivity index (χ1) is 12.7. The van der Waals surface area contributed by atoms with E-state index in [1.165, 1.54) is 22.6 Å². The molecule has 0 atom stereocenters. The Hall–Kier alpha value is -2.04. The third kappa shape index (κ3) is 5.02. The SMILES string of the molecule is CNC/C(=C\F)COc1ccc(S(=O)(=O)N2CCC(C)(C(N)=O)CC2)cn1. The molecule has 0 aromatic carbocycles. The summed E-state index contributed by atoms with van der Waals surface area (Å²) in [5.74, 6) is -0.216. The summed E-state index contributed by atoms with van der Waals surface area (Å²) in [4.78, 5) is 15.5. The summed E-state index contributed by atoms with van der Waals surface area (Å²) >= 11 is 0. The molecule has 2 rings (SSSR count). The predicted octanol–water partition coefficient (Wildman–Crippen LogP) is 0.809. The third-order valence-corrected chi connectivity index (χ3v) is 6.61. The highest BCUT2D eigenvalue weighted by molar-refractivity contribution is 7.89. The lowest BCUT2D eigenvalue weighted by atomic mass is 9.80. The van der Waals surface area contributed by atoms with E-state index in [0.717, 1.165) is 0 Å². The number of nitrogens with two attached hydrogens (primary N) is 1. The first-order valence-corrected chi connectivity index (χ1v) is 9.98. The van der Waals surface area contributed by atoms with Gasteiger partial charge in [-0.3, -0.25) is 4.79 Å². The molecule has 1 amide bonds. The van der Waals surface area contributed by atoms with Crippen LogP contribution in [0.25, 0.3) is 0 Å². The number of amides is 1. The normalized spacial score (nSPS) is 18.3. The molecule has 150 valence electrons. The van der Waals surface area contributed by atoms with Gasteiger partial charge in [0.05, 0.1) is 12.5 Å². The standard InChI is InChI=1S/C17H25FN4O4S/c1-17(16(19)23)5-7-22(8-6-17)27(24,25)14-3-4-15(21-11-14)26-12-13(9-18)10-20-2/h3-4,9,11,20H,5-8,10,12H2,1-2H3,(H2,19,23)/b13-9+. The van der Waals surface area contributed by atoms with Crippen molar-refractivity contribution in [1.82, 2.24) is 14.6 Å². The molecule has 1 aromatic heterocycles. The number of halogens is 1. The number of carbonyl (C=O) groups excluding carboxylic acids is 1. The fourth-order valence-electron chi connectivity index (χ4n) is 2.74. The summed E-state index contributed by atoms with van der Waals surface area (Å²) in [5, 5.41) is 2.81. The number of ether oxygens (including phenoxy) is 1. The Balaban J connectivity index is 2.02. The zero-order chi connectivity index (χ0) is 20.1. The van der Waals surface area contributed by atoms with Gasteiger partial charge < -0.3 is 15.8 Å². The van der Waals surface area contributed by atoms with E-state index < -0.39 is 21.3 Å². The van der Waals surface area contributed by atoms with E-state index >= 15 is 0 Å². The number of pyridine rings is 1. The number of likely N-dealkylation sites (N-methyl/N-ethyl adjacent to an activating group) is 1. The number of rotatable bonds is 8. The van der Waals surface area contributed by atoms with E-state index in [2.05, 4.69) is 10.3 Å². The number of primary amides is 1. The zero-order valence-electron chi connectivity index (χ0n) is 15.4. The minimum Gasteiger partial charge on any atom is -0.473 e. The first kappa shape index (κ1) is 21.3. The van der Waals surface area contributed by atoms with Crippen LogP contribution >= 0.6 is 0 Å². The van der Waals surface area contributed by atoms with Crippen molar-refractivity contribution < 1.29 is 22.3 Å². The summed E-state index contributed by atoms with van der Waals surface area (Å²) in [6.07, 6.45) is 2.43. The molecule has 2 heterocycles. The van der Waals surface area contributed by atoms with E-state index in [0.29, 0.717) is 31.3 Å². The lowest BCUT2D eigenvalue weighted by molar-refractivity contribution is -0.128. The molecule has 1 aromatic rings. The number of piperidine rings is 1. The highest BCUT2D eigenvalue weighted by Crippen LogP contribution is 2.32. The van der Waals surface area contributed by atoms with Crippen LogP contribution in [0, 0.1) is 5.41 Å². The number of sulfonamides is 1. The van der Waals surface area contributed by atoms with Crippen LogP contribution in [-0.4, -0.2) is 56.9 Å². The van der Waals surface area contributed by atoms with Crippen molar-refractivity contribution >= 4 is 15.9 Å². The average molecular weight is 400 g/mol. The molecule has 0 saturated carbocycles. The maximum absolute atomic E-state index is 12.7. The fraction of sp³-hybridized carbons (Fsp3) is 0.529. The van der Waals surface area contributed by atoms with Crippen molar-refractivity contribution in [3.05, 3.63) is 30.2 Å². The second kappa shape index (κ2) is 8.77. The van der Waals surface area contributed by atoms with Crippen LogP contribution in [-0.2, 0) is 14.8 Å². The summed E-state index contributed by atoms with van der Waals surface area (Å²) in [7, 11) is -2.03. The van der Waals surface area contributed by atoms with Gasteiger partial charge in [-0.25, -0.2) is 17.8 Å². The van der Waals surface area contributed by atoms with Crippen LogP contribution in [0.4, 0.5) is 4.39 Å². The Bertz CT molecular complexity index is 788. The van der Waals surface area contributed by atoms with Crippen molar-refractivity contribution in [3.63, 3.8) is 0 Å². The van der Waals surface area contributed by atoms with Crippen LogP contribution in [0.3, 0.4) is 0 Å². The largest absolute Gasteiger partial charge is 0.473 e. The summed E-state index contributed by atoms with van der Waals surface area (Å²) in [6.45, 7) is 2.53. The molecule has 3 N–H and O–H groups in total. The highest BCUT2D eigenvalue weighted by Gasteiger charge is 2.39. The molecular weight excluding hydrogens is 375 g/mol. The molecule has 1 saturated heterocycles. The van der Waals surface area contributed by atoms with E-state index in [-0.39, 0.29) is 30.5 Å². The minimum atomic E-state index is -3.72. The number of nitrogens with zero attached hydrogens (tertiary/aromatic N) is 2. The number of aromatic nitrogens is 1. The molecule has 1 aliphatic heterocycles. The van der Waals surface area contributed by atoms with Crippen molar-refractivity contribution in [2.75, 3.05) is 33.3 Å². The first-order valence-electron chi connectivity index (χ1n) is 8.54. The molecule has 0 bridgehead atoms. The summed E-state index contributed by atoms with van der Waals surface area (Å²) in [5.41, 5.74) is 5.12. The molecule has 8 nitrogen and oxygen atoms in total. The smallest absolute Gasteiger partial charge is 0.244 e. The van der Waals surface area contributed by atoms with Gasteiger partial charge in [0.1, 0.15) is 11.5 Å². The Labute approximate surface area is 158 Å². The number of carbonyl (C=O) groups is 1. The Morgan fingerprint density at radius 2 is 2.11 bits per heavy atom. The molecule has 0 radical (unpaired) electrons. The van der Waals surface area contributed by atoms with Gasteiger partial charge in [0.25, 0.3) is 0 Å². The molecular formula is C17H25FN4O4S. The Morgan fingerprint density at radius 1 is 1.44 bits per heavy atom. The van der Waals surface area contributed by atoms with E-state index in [1.807, 2.05) is 0 Å². The van der Waals surface area contributed by atoms with Gasteiger partial charge in [-0.15, -0.1) is 0 Å². The third-order valence-electron chi connectivity index (χ3n) is 4.73. The Kier molecular flexibility index (Phi) is 6.90. The van der Waals surface area contributed by atoms with E-state index in [9.17, 15) is 17.6 Å². The second-order valence-corrected chi connectivity index (χ2v) is 8.69. The Morgan fingerprint density at radius 3 is 2.59 bits per heavy atom. The lowest BCUT2D eigenvalue weighted by Gasteiger charge is -2.36. The van der Waals surface area contributed by atoms with E-state index in [1.54, 1.807) is 14.0 Å². The van der Waals surface area contributed by atoms with Gasteiger partial charge in [-0.05, 0) is 26.0 Å². The van der Waals surface area contributed by atoms with Gasteiger partial charge in [0, 0.05) is 36.7 Å². The zero-order valence-corrected chi connectivity index (χ0v) is 16.3. The summed E-state index contributed by atoms with van der Waals surface area (Å²) < 4.78 is 44.8. The van der Waals surface area contributed by atoms with Crippen molar-refractivity contribution in [2.45, 2.75) is 24.7 Å². The van der Waals surface area contributed by atoms with Crippen LogP contribution in [0.2, 0.25) is 0 Å². The number of hydrogen-bond acceptors (Lipinski definition) is 6. The maximum atomic E-state index is 12.7. The highest BCUT2D eigenvalue weighted by atomic mass is 32.2. The molecule has 10 heteroatoms. The molecule has 0 unspecified atom stereocenters. The molecule has 1 fully saturated rings. The average Bonchev–Trinajstić information content (AvgIpc) is 2.65. The minimum absolute atomic E-state index is 0.00820. The second-order valence-electron chi connectivity index (χ2n) is 6.75. The van der Waals surface area contributed by atoms with E-state index in [4.69, 9.17) is 10.5 Å². The fourth-order valence-corrected chi connectivity index (χ4v) is 4.12. The van der Waals surface area contributed by atoms with Crippen LogP contribution in [0.15, 0.2) is 35.1 Å². The van der Waals surface area contributed by atoms with Crippen LogP contribution < -0.4 is 15.8 Å². The molecule has 0 aliphatic carbocycles. The van der Waals surface area contributed by atoms with Crippen molar-refractivity contribution in [2.24, 2.45) is 11.1 Å². The monoisotopic (exact) mass is 400 g/mol. The van der Waals surface area contributed by atoms with Gasteiger partial charge in [-0.1, -0.05) is 6.92 Å². The van der Waals surface area contributed by atoms with Crippen LogP contribution in [0.5, 0.6) is 5.88 Å². The van der Waals surface area contributed by atoms with Crippen molar-refractivity contribution in [3.8, 4) is 5.88 Å². The summed E-state index contributed by atoms with van der Waals surface area (Å²) in [6, 6.07) is 2.83. The van der Waals surface area contributed by atoms with Gasteiger partial charge in [0.15, 0.2) is 0 Å². The predicted molar refractivity (Wildman–Crippen MR) is 98.1 cm³/mol. The van der Waals surface area contributed by atoms with Crippen molar-refractivity contribution in [1.29, 1.82) is 0 Å². The van der Waals surface area contributed by atoms with Gasteiger partial charge >= 0.3 is 0 Å². The number of nitrogens with one attached hydrogen (secondary N) is 1. The topological polar surface area (TPSA) is 115 Å². The van der Waals surface area contributed by atoms with Gasteiger partial charge in [0.2, 0.25) is 21.8 Å². The lowest BCUT2D eigenvalue weighted by Crippen LogP contribution is -2.47. The van der Waals surface area contributed by atoms with Crippen LogP contribution in [0.1, 0.15) is 19.8 Å². The molecule has 27 heavy (non-hydrogen) atoms. The molecule has 1 aliphatic rings. The maximum Gasteiger partial charge on any atom is 0.244 e. The quantitative estimate of drug-likeness (QED) is 0.667. The number of hydrogen-bond donors (Lipinski definition) is 2. The van der Waals surface area contributed by atoms with Gasteiger partial charge in [-0.2, -0.15) is 4.31 Å².